The van der Waals surface area contributed by atoms with Crippen molar-refractivity contribution in [2.24, 2.45) is 0 Å². The van der Waals surface area contributed by atoms with Crippen molar-refractivity contribution >= 4 is 11.8 Å². The lowest BCUT2D eigenvalue weighted by atomic mass is 10.1. The minimum atomic E-state index is 0.731. The van der Waals surface area contributed by atoms with E-state index in [1.807, 2.05) is 0 Å². The molecule has 0 heterocycles. The standard InChI is InChI=1S/C14H23NO2S/c1-12-4-5-14(17-8-9-18-3)13(10-12)11-15-6-7-16-2/h4-5,10,15H,6-9,11H2,1-3H3. The number of ether oxygens (including phenoxy) is 2. The maximum Gasteiger partial charge on any atom is 0.123 e. The zero-order chi connectivity index (χ0) is 13.2. The van der Waals surface area contributed by atoms with Crippen LogP contribution in [0.15, 0.2) is 18.2 Å². The molecule has 0 saturated carbocycles. The number of rotatable bonds is 9. The quantitative estimate of drug-likeness (QED) is 0.698. The predicted octanol–water partition coefficient (Wildman–Crippen LogP) is 2.47. The molecule has 0 aromatic heterocycles. The minimum absolute atomic E-state index is 0.731. The SMILES string of the molecule is COCCNCc1cc(C)ccc1OCCSC. The van der Waals surface area contributed by atoms with Crippen LogP contribution in [0, 0.1) is 6.92 Å². The highest BCUT2D eigenvalue weighted by Crippen LogP contribution is 2.20. The summed E-state index contributed by atoms with van der Waals surface area (Å²) in [6.45, 7) is 5.27. The average molecular weight is 269 g/mol. The van der Waals surface area contributed by atoms with E-state index in [9.17, 15) is 0 Å². The van der Waals surface area contributed by atoms with E-state index in [-0.39, 0.29) is 0 Å². The molecule has 18 heavy (non-hydrogen) atoms. The van der Waals surface area contributed by atoms with Gasteiger partial charge in [-0.15, -0.1) is 0 Å². The largest absolute Gasteiger partial charge is 0.492 e. The van der Waals surface area contributed by atoms with E-state index < -0.39 is 0 Å². The fraction of sp³-hybridized carbons (Fsp3) is 0.571. The van der Waals surface area contributed by atoms with Crippen LogP contribution < -0.4 is 10.1 Å². The number of hydrogen-bond donors (Lipinski definition) is 1. The number of aryl methyl sites for hydroxylation is 1. The molecule has 0 amide bonds. The van der Waals surface area contributed by atoms with Crippen molar-refractivity contribution < 1.29 is 9.47 Å². The first-order chi connectivity index (χ1) is 8.77. The van der Waals surface area contributed by atoms with E-state index in [1.54, 1.807) is 18.9 Å². The average Bonchev–Trinajstić information content (AvgIpc) is 2.37. The smallest absolute Gasteiger partial charge is 0.123 e. The first-order valence-corrected chi connectivity index (χ1v) is 7.58. The fourth-order valence-corrected chi connectivity index (χ4v) is 1.87. The Bertz CT molecular complexity index is 345. The molecule has 0 saturated heterocycles. The highest BCUT2D eigenvalue weighted by Gasteiger charge is 2.03. The van der Waals surface area contributed by atoms with Crippen molar-refractivity contribution in [1.29, 1.82) is 0 Å². The van der Waals surface area contributed by atoms with Gasteiger partial charge in [-0.25, -0.2) is 0 Å². The molecule has 0 fully saturated rings. The first kappa shape index (κ1) is 15.3. The summed E-state index contributed by atoms with van der Waals surface area (Å²) < 4.78 is 10.8. The molecule has 3 nitrogen and oxygen atoms in total. The van der Waals surface area contributed by atoms with Gasteiger partial charge in [-0.2, -0.15) is 11.8 Å². The zero-order valence-corrected chi connectivity index (χ0v) is 12.3. The molecule has 4 heteroatoms. The zero-order valence-electron chi connectivity index (χ0n) is 11.5. The Morgan fingerprint density at radius 1 is 1.28 bits per heavy atom. The fourth-order valence-electron chi connectivity index (χ4n) is 1.62. The molecular formula is C14H23NO2S. The molecule has 0 spiro atoms. The second-order valence-corrected chi connectivity index (χ2v) is 5.11. The number of thioether (sulfide) groups is 1. The second-order valence-electron chi connectivity index (χ2n) is 4.12. The van der Waals surface area contributed by atoms with Crippen LogP contribution in [-0.2, 0) is 11.3 Å². The molecule has 1 N–H and O–H groups in total. The molecule has 0 bridgehead atoms. The minimum Gasteiger partial charge on any atom is -0.492 e. The highest BCUT2D eigenvalue weighted by molar-refractivity contribution is 7.98. The lowest BCUT2D eigenvalue weighted by molar-refractivity contribution is 0.199. The number of nitrogens with one attached hydrogen (secondary N) is 1. The first-order valence-electron chi connectivity index (χ1n) is 6.19. The van der Waals surface area contributed by atoms with Crippen LogP contribution in [0.5, 0.6) is 5.75 Å². The molecular weight excluding hydrogens is 246 g/mol. The van der Waals surface area contributed by atoms with Gasteiger partial charge in [-0.1, -0.05) is 17.7 Å². The van der Waals surface area contributed by atoms with Gasteiger partial charge in [0.2, 0.25) is 0 Å². The van der Waals surface area contributed by atoms with Gasteiger partial charge in [-0.3, -0.25) is 0 Å². The van der Waals surface area contributed by atoms with Gasteiger partial charge in [0.15, 0.2) is 0 Å². The monoisotopic (exact) mass is 269 g/mol. The van der Waals surface area contributed by atoms with E-state index in [2.05, 4.69) is 36.7 Å². The Kier molecular flexibility index (Phi) is 7.89. The van der Waals surface area contributed by atoms with Crippen molar-refractivity contribution in [2.75, 3.05) is 38.9 Å². The summed E-state index contributed by atoms with van der Waals surface area (Å²) in [7, 11) is 1.71. The summed E-state index contributed by atoms with van der Waals surface area (Å²) in [5.41, 5.74) is 2.47. The molecule has 1 rings (SSSR count). The predicted molar refractivity (Wildman–Crippen MR) is 78.6 cm³/mol. The molecule has 1 aromatic carbocycles. The summed E-state index contributed by atoms with van der Waals surface area (Å²) in [5.74, 6) is 2.00. The van der Waals surface area contributed by atoms with Gasteiger partial charge in [0.25, 0.3) is 0 Å². The Morgan fingerprint density at radius 2 is 2.11 bits per heavy atom. The van der Waals surface area contributed by atoms with E-state index in [0.717, 1.165) is 37.8 Å². The van der Waals surface area contributed by atoms with Gasteiger partial charge >= 0.3 is 0 Å². The van der Waals surface area contributed by atoms with Crippen molar-refractivity contribution in [3.63, 3.8) is 0 Å². The van der Waals surface area contributed by atoms with Gasteiger partial charge in [-0.05, 0) is 19.2 Å². The molecule has 0 atom stereocenters. The molecule has 1 aromatic rings. The summed E-state index contributed by atoms with van der Waals surface area (Å²) in [6, 6.07) is 6.32. The van der Waals surface area contributed by atoms with Crippen molar-refractivity contribution in [3.05, 3.63) is 29.3 Å². The lowest BCUT2D eigenvalue weighted by Crippen LogP contribution is -2.19. The van der Waals surface area contributed by atoms with Crippen LogP contribution in [0.1, 0.15) is 11.1 Å². The number of hydrogen-bond acceptors (Lipinski definition) is 4. The Morgan fingerprint density at radius 3 is 2.83 bits per heavy atom. The summed E-state index contributed by atoms with van der Waals surface area (Å²) in [5, 5.41) is 3.35. The Labute approximate surface area is 114 Å². The topological polar surface area (TPSA) is 30.5 Å². The summed E-state index contributed by atoms with van der Waals surface area (Å²) in [6.07, 6.45) is 2.09. The van der Waals surface area contributed by atoms with Crippen LogP contribution in [0.4, 0.5) is 0 Å². The molecule has 0 aliphatic carbocycles. The Balaban J connectivity index is 2.53. The molecule has 0 radical (unpaired) electrons. The van der Waals surface area contributed by atoms with Crippen molar-refractivity contribution in [3.8, 4) is 5.75 Å². The molecule has 102 valence electrons. The van der Waals surface area contributed by atoms with Crippen molar-refractivity contribution in [2.45, 2.75) is 13.5 Å². The maximum atomic E-state index is 5.80. The van der Waals surface area contributed by atoms with Crippen LogP contribution in [0.25, 0.3) is 0 Å². The van der Waals surface area contributed by atoms with Gasteiger partial charge < -0.3 is 14.8 Å². The van der Waals surface area contributed by atoms with Crippen LogP contribution in [0.3, 0.4) is 0 Å². The molecule has 0 unspecified atom stereocenters. The Hall–Kier alpha value is -0.710. The van der Waals surface area contributed by atoms with Gasteiger partial charge in [0.1, 0.15) is 5.75 Å². The number of benzene rings is 1. The van der Waals surface area contributed by atoms with Crippen LogP contribution in [-0.4, -0.2) is 38.9 Å². The second kappa shape index (κ2) is 9.25. The normalized spacial score (nSPS) is 10.6. The summed E-state index contributed by atoms with van der Waals surface area (Å²) in [4.78, 5) is 0. The van der Waals surface area contributed by atoms with E-state index in [0.29, 0.717) is 0 Å². The van der Waals surface area contributed by atoms with E-state index in [4.69, 9.17) is 9.47 Å². The van der Waals surface area contributed by atoms with Gasteiger partial charge in [0.05, 0.1) is 13.2 Å². The highest BCUT2D eigenvalue weighted by atomic mass is 32.2. The van der Waals surface area contributed by atoms with Gasteiger partial charge in [0, 0.05) is 31.5 Å². The van der Waals surface area contributed by atoms with E-state index in [1.165, 1.54) is 11.1 Å². The summed E-state index contributed by atoms with van der Waals surface area (Å²) >= 11 is 1.80. The molecule has 0 aliphatic heterocycles. The van der Waals surface area contributed by atoms with Crippen LogP contribution >= 0.6 is 11.8 Å². The maximum absolute atomic E-state index is 5.80. The lowest BCUT2D eigenvalue weighted by Gasteiger charge is -2.12. The third-order valence-corrected chi connectivity index (χ3v) is 3.13. The number of methoxy groups -OCH3 is 1. The third-order valence-electron chi connectivity index (χ3n) is 2.56. The third kappa shape index (κ3) is 5.76. The molecule has 0 aliphatic rings. The van der Waals surface area contributed by atoms with Crippen LogP contribution in [0.2, 0.25) is 0 Å². The van der Waals surface area contributed by atoms with E-state index >= 15 is 0 Å². The van der Waals surface area contributed by atoms with Crippen molar-refractivity contribution in [1.82, 2.24) is 5.32 Å².